The third-order valence-electron chi connectivity index (χ3n) is 4.17. The number of methoxy groups -OCH3 is 1. The van der Waals surface area contributed by atoms with E-state index in [1.54, 1.807) is 0 Å². The van der Waals surface area contributed by atoms with Gasteiger partial charge in [0.25, 0.3) is 0 Å². The molecular weight excluding hydrogens is 322 g/mol. The van der Waals surface area contributed by atoms with Gasteiger partial charge >= 0.3 is 11.9 Å². The highest BCUT2D eigenvalue weighted by molar-refractivity contribution is 6.31. The SMILES string of the molecule is COC(=O)c1ccc(Cl)cc1NC(=O)CC1(C(=O)O)CCCC1. The van der Waals surface area contributed by atoms with Crippen molar-refractivity contribution >= 4 is 35.1 Å². The van der Waals surface area contributed by atoms with Crippen LogP contribution in [0.1, 0.15) is 42.5 Å². The molecule has 0 radical (unpaired) electrons. The minimum absolute atomic E-state index is 0.130. The number of aliphatic carboxylic acids is 1. The van der Waals surface area contributed by atoms with Crippen LogP contribution in [-0.4, -0.2) is 30.1 Å². The molecule has 2 rings (SSSR count). The summed E-state index contributed by atoms with van der Waals surface area (Å²) in [6.45, 7) is 0. The number of ether oxygens (including phenoxy) is 1. The lowest BCUT2D eigenvalue weighted by atomic mass is 9.82. The Kier molecular flexibility index (Phi) is 5.26. The molecule has 7 heteroatoms. The number of amides is 1. The Balaban J connectivity index is 2.18. The van der Waals surface area contributed by atoms with Gasteiger partial charge < -0.3 is 15.2 Å². The molecule has 124 valence electrons. The average molecular weight is 340 g/mol. The zero-order valence-corrected chi connectivity index (χ0v) is 13.5. The monoisotopic (exact) mass is 339 g/mol. The third-order valence-corrected chi connectivity index (χ3v) is 4.41. The van der Waals surface area contributed by atoms with Crippen molar-refractivity contribution in [2.75, 3.05) is 12.4 Å². The molecule has 0 aliphatic heterocycles. The van der Waals surface area contributed by atoms with Crippen molar-refractivity contribution < 1.29 is 24.2 Å². The van der Waals surface area contributed by atoms with Crippen molar-refractivity contribution in [3.8, 4) is 0 Å². The topological polar surface area (TPSA) is 92.7 Å². The van der Waals surface area contributed by atoms with Crippen LogP contribution < -0.4 is 5.32 Å². The van der Waals surface area contributed by atoms with E-state index >= 15 is 0 Å². The van der Waals surface area contributed by atoms with E-state index in [4.69, 9.17) is 11.6 Å². The molecule has 6 nitrogen and oxygen atoms in total. The fourth-order valence-corrected chi connectivity index (χ4v) is 3.10. The highest BCUT2D eigenvalue weighted by Crippen LogP contribution is 2.41. The molecule has 0 unspecified atom stereocenters. The summed E-state index contributed by atoms with van der Waals surface area (Å²) >= 11 is 5.90. The van der Waals surface area contributed by atoms with E-state index in [9.17, 15) is 19.5 Å². The number of anilines is 1. The third kappa shape index (κ3) is 3.82. The quantitative estimate of drug-likeness (QED) is 0.804. The van der Waals surface area contributed by atoms with E-state index in [1.165, 1.54) is 25.3 Å². The van der Waals surface area contributed by atoms with Gasteiger partial charge in [-0.2, -0.15) is 0 Å². The normalized spacial score (nSPS) is 15.9. The Morgan fingerprint density at radius 2 is 1.96 bits per heavy atom. The molecule has 0 heterocycles. The van der Waals surface area contributed by atoms with E-state index in [1.807, 2.05) is 0 Å². The Morgan fingerprint density at radius 1 is 1.30 bits per heavy atom. The first-order chi connectivity index (χ1) is 10.9. The van der Waals surface area contributed by atoms with E-state index in [-0.39, 0.29) is 17.7 Å². The zero-order valence-electron chi connectivity index (χ0n) is 12.7. The Hall–Kier alpha value is -2.08. The standard InChI is InChI=1S/C16H18ClNO5/c1-23-14(20)11-5-4-10(17)8-12(11)18-13(19)9-16(15(21)22)6-2-3-7-16/h4-5,8H,2-3,6-7,9H2,1H3,(H,18,19)(H,21,22). The van der Waals surface area contributed by atoms with Crippen molar-refractivity contribution in [1.82, 2.24) is 0 Å². The number of carboxylic acid groups (broad SMARTS) is 1. The fourth-order valence-electron chi connectivity index (χ4n) is 2.93. The lowest BCUT2D eigenvalue weighted by Gasteiger charge is -2.23. The van der Waals surface area contributed by atoms with Gasteiger partial charge in [-0.1, -0.05) is 24.4 Å². The van der Waals surface area contributed by atoms with Crippen molar-refractivity contribution in [2.24, 2.45) is 5.41 Å². The van der Waals surface area contributed by atoms with Gasteiger partial charge in [0.1, 0.15) is 0 Å². The van der Waals surface area contributed by atoms with Gasteiger partial charge in [-0.3, -0.25) is 9.59 Å². The van der Waals surface area contributed by atoms with Gasteiger partial charge in [0.15, 0.2) is 0 Å². The van der Waals surface area contributed by atoms with E-state index in [2.05, 4.69) is 10.1 Å². The lowest BCUT2D eigenvalue weighted by Crippen LogP contribution is -2.33. The van der Waals surface area contributed by atoms with Gasteiger partial charge in [-0.25, -0.2) is 4.79 Å². The first-order valence-corrected chi connectivity index (χ1v) is 7.67. The van der Waals surface area contributed by atoms with Crippen molar-refractivity contribution in [3.05, 3.63) is 28.8 Å². The highest BCUT2D eigenvalue weighted by atomic mass is 35.5. The van der Waals surface area contributed by atoms with Crippen LogP contribution in [0.4, 0.5) is 5.69 Å². The molecule has 1 saturated carbocycles. The molecule has 0 bridgehead atoms. The predicted octanol–water partition coefficient (Wildman–Crippen LogP) is 3.10. The Bertz CT molecular complexity index is 637. The molecule has 1 aromatic rings. The van der Waals surface area contributed by atoms with E-state index < -0.39 is 23.3 Å². The number of rotatable bonds is 5. The molecule has 0 saturated heterocycles. The van der Waals surface area contributed by atoms with Crippen LogP contribution in [0, 0.1) is 5.41 Å². The minimum Gasteiger partial charge on any atom is -0.481 e. The second kappa shape index (κ2) is 7.00. The number of halogens is 1. The van der Waals surface area contributed by atoms with Gasteiger partial charge in [-0.05, 0) is 31.0 Å². The molecule has 2 N–H and O–H groups in total. The maximum atomic E-state index is 12.3. The zero-order chi connectivity index (χ0) is 17.0. The number of hydrogen-bond acceptors (Lipinski definition) is 4. The first kappa shape index (κ1) is 17.3. The molecule has 0 aromatic heterocycles. The smallest absolute Gasteiger partial charge is 0.339 e. The minimum atomic E-state index is -1.02. The van der Waals surface area contributed by atoms with Crippen LogP contribution >= 0.6 is 11.6 Å². The molecule has 1 aliphatic rings. The number of carboxylic acids is 1. The summed E-state index contributed by atoms with van der Waals surface area (Å²) in [6, 6.07) is 4.40. The van der Waals surface area contributed by atoms with Crippen LogP contribution in [0.2, 0.25) is 5.02 Å². The van der Waals surface area contributed by atoms with Crippen molar-refractivity contribution in [2.45, 2.75) is 32.1 Å². The Morgan fingerprint density at radius 3 is 2.52 bits per heavy atom. The lowest BCUT2D eigenvalue weighted by molar-refractivity contribution is -0.150. The van der Waals surface area contributed by atoms with Gasteiger partial charge in [0.05, 0.1) is 23.8 Å². The molecule has 1 aromatic carbocycles. The van der Waals surface area contributed by atoms with Gasteiger partial charge in [0.2, 0.25) is 5.91 Å². The summed E-state index contributed by atoms with van der Waals surface area (Å²) < 4.78 is 4.66. The fraction of sp³-hybridized carbons (Fsp3) is 0.438. The number of carbonyl (C=O) groups excluding carboxylic acids is 2. The number of nitrogens with one attached hydrogen (secondary N) is 1. The van der Waals surface area contributed by atoms with Crippen LogP contribution in [-0.2, 0) is 14.3 Å². The van der Waals surface area contributed by atoms with Crippen LogP contribution in [0.5, 0.6) is 0 Å². The maximum absolute atomic E-state index is 12.3. The average Bonchev–Trinajstić information content (AvgIpc) is 2.96. The summed E-state index contributed by atoms with van der Waals surface area (Å²) in [5.74, 6) is -2.02. The molecule has 1 aliphatic carbocycles. The largest absolute Gasteiger partial charge is 0.481 e. The molecular formula is C16H18ClNO5. The molecule has 0 spiro atoms. The van der Waals surface area contributed by atoms with Gasteiger partial charge in [-0.15, -0.1) is 0 Å². The van der Waals surface area contributed by atoms with E-state index in [0.717, 1.165) is 12.8 Å². The highest BCUT2D eigenvalue weighted by Gasteiger charge is 2.43. The molecule has 1 amide bonds. The summed E-state index contributed by atoms with van der Waals surface area (Å²) in [4.78, 5) is 35.5. The summed E-state index contributed by atoms with van der Waals surface area (Å²) in [5, 5.41) is 12.4. The maximum Gasteiger partial charge on any atom is 0.339 e. The second-order valence-corrected chi connectivity index (χ2v) is 6.14. The van der Waals surface area contributed by atoms with Crippen molar-refractivity contribution in [3.63, 3.8) is 0 Å². The van der Waals surface area contributed by atoms with Crippen molar-refractivity contribution in [1.29, 1.82) is 0 Å². The van der Waals surface area contributed by atoms with Crippen LogP contribution in [0.25, 0.3) is 0 Å². The first-order valence-electron chi connectivity index (χ1n) is 7.29. The van der Waals surface area contributed by atoms with Crippen LogP contribution in [0.3, 0.4) is 0 Å². The molecule has 23 heavy (non-hydrogen) atoms. The summed E-state index contributed by atoms with van der Waals surface area (Å²) in [6.07, 6.45) is 2.42. The predicted molar refractivity (Wildman–Crippen MR) is 84.6 cm³/mol. The van der Waals surface area contributed by atoms with E-state index in [0.29, 0.717) is 17.9 Å². The summed E-state index contributed by atoms with van der Waals surface area (Å²) in [7, 11) is 1.24. The number of benzene rings is 1. The number of carbonyl (C=O) groups is 3. The molecule has 1 fully saturated rings. The second-order valence-electron chi connectivity index (χ2n) is 5.70. The number of esters is 1. The van der Waals surface area contributed by atoms with Gasteiger partial charge in [0, 0.05) is 11.4 Å². The Labute approximate surface area is 138 Å². The van der Waals surface area contributed by atoms with Crippen LogP contribution in [0.15, 0.2) is 18.2 Å². The molecule has 0 atom stereocenters. The summed E-state index contributed by atoms with van der Waals surface area (Å²) in [5.41, 5.74) is -0.636. The number of hydrogen-bond donors (Lipinski definition) is 2.